The van der Waals surface area contributed by atoms with Gasteiger partial charge in [0.05, 0.1) is 10.7 Å². The zero-order valence-electron chi connectivity index (χ0n) is 10.9. The number of anilines is 1. The highest BCUT2D eigenvalue weighted by molar-refractivity contribution is 6.33. The molecule has 1 aliphatic rings. The Kier molecular flexibility index (Phi) is 4.46. The van der Waals surface area contributed by atoms with Gasteiger partial charge in [-0.25, -0.2) is 4.39 Å². The van der Waals surface area contributed by atoms with Crippen LogP contribution in [-0.2, 0) is 0 Å². The van der Waals surface area contributed by atoms with Gasteiger partial charge in [0.1, 0.15) is 5.82 Å². The first-order valence-corrected chi connectivity index (χ1v) is 6.94. The van der Waals surface area contributed by atoms with Crippen molar-refractivity contribution < 1.29 is 4.39 Å². The Labute approximate surface area is 113 Å². The van der Waals surface area contributed by atoms with Crippen molar-refractivity contribution in [3.8, 4) is 0 Å². The first-order valence-electron chi connectivity index (χ1n) is 6.57. The number of hydrogen-bond acceptors (Lipinski definition) is 2. The number of hydrogen-bond donors (Lipinski definition) is 1. The maximum Gasteiger partial charge on any atom is 0.125 e. The predicted molar refractivity (Wildman–Crippen MR) is 74.9 cm³/mol. The number of benzene rings is 1. The van der Waals surface area contributed by atoms with Gasteiger partial charge in [-0.3, -0.25) is 0 Å². The molecule has 100 valence electrons. The van der Waals surface area contributed by atoms with E-state index in [2.05, 4.69) is 24.1 Å². The van der Waals surface area contributed by atoms with E-state index in [-0.39, 0.29) is 5.82 Å². The molecular formula is C14H20ClFN2. The van der Waals surface area contributed by atoms with E-state index in [9.17, 15) is 4.39 Å². The third kappa shape index (κ3) is 2.96. The Bertz CT molecular complexity index is 411. The molecule has 4 heteroatoms. The third-order valence-corrected chi connectivity index (χ3v) is 3.83. The summed E-state index contributed by atoms with van der Waals surface area (Å²) in [5.74, 6) is -0.229. The molecule has 0 amide bonds. The summed E-state index contributed by atoms with van der Waals surface area (Å²) in [6.45, 7) is 6.12. The largest absolute Gasteiger partial charge is 0.365 e. The minimum Gasteiger partial charge on any atom is -0.365 e. The van der Waals surface area contributed by atoms with Gasteiger partial charge in [0.15, 0.2) is 0 Å². The topological polar surface area (TPSA) is 15.3 Å². The Morgan fingerprint density at radius 3 is 3.00 bits per heavy atom. The van der Waals surface area contributed by atoms with Crippen LogP contribution in [0.5, 0.6) is 0 Å². The van der Waals surface area contributed by atoms with Crippen LogP contribution < -0.4 is 10.2 Å². The summed E-state index contributed by atoms with van der Waals surface area (Å²) in [5.41, 5.74) is 0.812. The van der Waals surface area contributed by atoms with Gasteiger partial charge < -0.3 is 10.2 Å². The average molecular weight is 271 g/mol. The van der Waals surface area contributed by atoms with E-state index >= 15 is 0 Å². The van der Waals surface area contributed by atoms with Crippen molar-refractivity contribution in [3.63, 3.8) is 0 Å². The van der Waals surface area contributed by atoms with Crippen molar-refractivity contribution in [1.82, 2.24) is 5.32 Å². The summed E-state index contributed by atoms with van der Waals surface area (Å²) in [7, 11) is 0. The van der Waals surface area contributed by atoms with Crippen molar-refractivity contribution in [1.29, 1.82) is 0 Å². The van der Waals surface area contributed by atoms with E-state index in [1.165, 1.54) is 12.1 Å². The number of nitrogens with one attached hydrogen (secondary N) is 1. The van der Waals surface area contributed by atoms with Crippen LogP contribution in [0.4, 0.5) is 10.1 Å². The second kappa shape index (κ2) is 5.89. The van der Waals surface area contributed by atoms with Crippen molar-refractivity contribution in [2.45, 2.75) is 38.8 Å². The normalized spacial score (nSPS) is 24.3. The second-order valence-corrected chi connectivity index (χ2v) is 5.40. The fourth-order valence-electron chi connectivity index (χ4n) is 2.51. The summed E-state index contributed by atoms with van der Waals surface area (Å²) in [6.07, 6.45) is 2.28. The maximum absolute atomic E-state index is 13.4. The zero-order valence-corrected chi connectivity index (χ0v) is 11.7. The van der Waals surface area contributed by atoms with Crippen LogP contribution in [0.1, 0.15) is 26.7 Å². The van der Waals surface area contributed by atoms with Crippen molar-refractivity contribution in [3.05, 3.63) is 29.0 Å². The molecule has 0 spiro atoms. The molecule has 0 radical (unpaired) electrons. The number of halogens is 2. The molecule has 0 aliphatic carbocycles. The van der Waals surface area contributed by atoms with Gasteiger partial charge in [0.25, 0.3) is 0 Å². The quantitative estimate of drug-likeness (QED) is 0.905. The zero-order chi connectivity index (χ0) is 13.1. The fourth-order valence-corrected chi connectivity index (χ4v) is 2.74. The Morgan fingerprint density at radius 2 is 2.28 bits per heavy atom. The lowest BCUT2D eigenvalue weighted by Crippen LogP contribution is -2.55. The molecule has 1 aromatic rings. The molecule has 0 saturated carbocycles. The van der Waals surface area contributed by atoms with E-state index in [1.54, 1.807) is 6.07 Å². The molecule has 1 saturated heterocycles. The monoisotopic (exact) mass is 270 g/mol. The molecule has 0 bridgehead atoms. The van der Waals surface area contributed by atoms with E-state index in [0.717, 1.165) is 31.6 Å². The first kappa shape index (κ1) is 13.6. The summed E-state index contributed by atoms with van der Waals surface area (Å²) in [5, 5.41) is 4.15. The SMILES string of the molecule is CCCC1CN(c2cc(F)ccc2Cl)C(C)CN1. The standard InChI is InChI=1S/C14H20ClFN2/c1-3-4-12-9-18(10(2)8-17-12)14-7-11(16)5-6-13(14)15/h5-7,10,12,17H,3-4,8-9H2,1-2H3. The van der Waals surface area contributed by atoms with E-state index in [1.807, 2.05) is 0 Å². The lowest BCUT2D eigenvalue weighted by Gasteiger charge is -2.40. The molecule has 0 aromatic heterocycles. The third-order valence-electron chi connectivity index (χ3n) is 3.51. The van der Waals surface area contributed by atoms with Crippen LogP contribution in [0, 0.1) is 5.82 Å². The summed E-state index contributed by atoms with van der Waals surface area (Å²) >= 11 is 6.19. The number of rotatable bonds is 3. The van der Waals surface area contributed by atoms with Gasteiger partial charge in [-0.1, -0.05) is 24.9 Å². The Hall–Kier alpha value is -0.800. The highest BCUT2D eigenvalue weighted by Crippen LogP contribution is 2.29. The Morgan fingerprint density at radius 1 is 1.50 bits per heavy atom. The van der Waals surface area contributed by atoms with E-state index in [4.69, 9.17) is 11.6 Å². The Balaban J connectivity index is 2.21. The smallest absolute Gasteiger partial charge is 0.125 e. The van der Waals surface area contributed by atoms with Crippen LogP contribution >= 0.6 is 11.6 Å². The molecule has 1 N–H and O–H groups in total. The highest BCUT2D eigenvalue weighted by atomic mass is 35.5. The lowest BCUT2D eigenvalue weighted by molar-refractivity contribution is 0.386. The lowest BCUT2D eigenvalue weighted by atomic mass is 10.0. The fraction of sp³-hybridized carbons (Fsp3) is 0.571. The molecule has 2 nitrogen and oxygen atoms in total. The van der Waals surface area contributed by atoms with Crippen LogP contribution in [0.25, 0.3) is 0 Å². The van der Waals surface area contributed by atoms with E-state index < -0.39 is 0 Å². The molecule has 2 rings (SSSR count). The molecule has 2 atom stereocenters. The molecule has 1 fully saturated rings. The highest BCUT2D eigenvalue weighted by Gasteiger charge is 2.26. The summed E-state index contributed by atoms with van der Waals surface area (Å²) < 4.78 is 13.4. The van der Waals surface area contributed by atoms with Crippen molar-refractivity contribution in [2.24, 2.45) is 0 Å². The van der Waals surface area contributed by atoms with Crippen LogP contribution in [-0.4, -0.2) is 25.2 Å². The first-order chi connectivity index (χ1) is 8.61. The summed E-state index contributed by atoms with van der Waals surface area (Å²) in [4.78, 5) is 2.21. The minimum absolute atomic E-state index is 0.229. The summed E-state index contributed by atoms with van der Waals surface area (Å²) in [6, 6.07) is 5.37. The van der Waals surface area contributed by atoms with Crippen LogP contribution in [0.15, 0.2) is 18.2 Å². The van der Waals surface area contributed by atoms with Gasteiger partial charge in [-0.2, -0.15) is 0 Å². The molecule has 1 aliphatic heterocycles. The van der Waals surface area contributed by atoms with Gasteiger partial charge in [0.2, 0.25) is 0 Å². The molecular weight excluding hydrogens is 251 g/mol. The van der Waals surface area contributed by atoms with Gasteiger partial charge in [-0.05, 0) is 31.5 Å². The molecule has 18 heavy (non-hydrogen) atoms. The van der Waals surface area contributed by atoms with Gasteiger partial charge in [0, 0.05) is 25.2 Å². The van der Waals surface area contributed by atoms with E-state index in [0.29, 0.717) is 17.1 Å². The predicted octanol–water partition coefficient (Wildman–Crippen LogP) is 3.45. The maximum atomic E-state index is 13.4. The van der Waals surface area contributed by atoms with Gasteiger partial charge in [-0.15, -0.1) is 0 Å². The number of nitrogens with zero attached hydrogens (tertiary/aromatic N) is 1. The average Bonchev–Trinajstić information content (AvgIpc) is 2.35. The van der Waals surface area contributed by atoms with Crippen molar-refractivity contribution >= 4 is 17.3 Å². The number of piperazine rings is 1. The minimum atomic E-state index is -0.229. The second-order valence-electron chi connectivity index (χ2n) is 4.99. The van der Waals surface area contributed by atoms with Crippen LogP contribution in [0.2, 0.25) is 5.02 Å². The van der Waals surface area contributed by atoms with Gasteiger partial charge >= 0.3 is 0 Å². The molecule has 1 aromatic carbocycles. The van der Waals surface area contributed by atoms with Crippen molar-refractivity contribution in [2.75, 3.05) is 18.0 Å². The molecule has 1 heterocycles. The molecule has 2 unspecified atom stereocenters. The van der Waals surface area contributed by atoms with Crippen LogP contribution in [0.3, 0.4) is 0 Å².